The van der Waals surface area contributed by atoms with E-state index < -0.39 is 0 Å². The summed E-state index contributed by atoms with van der Waals surface area (Å²) >= 11 is 0. The molecule has 2 rings (SSSR count). The first-order valence-electron chi connectivity index (χ1n) is 9.83. The van der Waals surface area contributed by atoms with Crippen LogP contribution in [0.1, 0.15) is 53.9 Å². The van der Waals surface area contributed by atoms with Crippen LogP contribution in [0.4, 0.5) is 0 Å². The molecule has 148 valence electrons. The van der Waals surface area contributed by atoms with Gasteiger partial charge in [0.15, 0.2) is 0 Å². The van der Waals surface area contributed by atoms with Gasteiger partial charge in [-0.1, -0.05) is 0 Å². The van der Waals surface area contributed by atoms with Gasteiger partial charge in [-0.05, 0) is 73.5 Å². The van der Waals surface area contributed by atoms with Crippen LogP contribution >= 0.6 is 0 Å². The summed E-state index contributed by atoms with van der Waals surface area (Å²) < 4.78 is 24.0. The molecule has 0 saturated carbocycles. The lowest BCUT2D eigenvalue weighted by molar-refractivity contribution is -0.180. The van der Waals surface area contributed by atoms with E-state index in [1.54, 1.807) is 0 Å². The summed E-state index contributed by atoms with van der Waals surface area (Å²) in [7, 11) is 2.20. The van der Waals surface area contributed by atoms with Crippen molar-refractivity contribution in [1.82, 2.24) is 4.90 Å². The van der Waals surface area contributed by atoms with Gasteiger partial charge in [-0.2, -0.15) is 0 Å². The Bertz CT molecular complexity index is 378. The molecule has 2 saturated heterocycles. The zero-order valence-corrected chi connectivity index (χ0v) is 17.2. The molecule has 2 aliphatic heterocycles. The van der Waals surface area contributed by atoms with E-state index in [2.05, 4.69) is 46.6 Å². The average Bonchev–Trinajstić information content (AvgIpc) is 2.53. The first-order chi connectivity index (χ1) is 11.6. The van der Waals surface area contributed by atoms with Gasteiger partial charge < -0.3 is 23.8 Å². The molecule has 0 bridgehead atoms. The fraction of sp³-hybridized carbons (Fsp3) is 1.00. The predicted molar refractivity (Wildman–Crippen MR) is 100 cm³/mol. The lowest BCUT2D eigenvalue weighted by Crippen LogP contribution is -2.43. The molecular formula is C20H39NO4. The number of hydrogen-bond acceptors (Lipinski definition) is 5. The number of rotatable bonds is 7. The highest BCUT2D eigenvalue weighted by Crippen LogP contribution is 2.25. The predicted octanol–water partition coefficient (Wildman–Crippen LogP) is 3.11. The summed E-state index contributed by atoms with van der Waals surface area (Å²) in [6, 6.07) is 0. The highest BCUT2D eigenvalue weighted by Gasteiger charge is 2.31. The molecular weight excluding hydrogens is 318 g/mol. The molecule has 5 heteroatoms. The quantitative estimate of drug-likeness (QED) is 0.700. The summed E-state index contributed by atoms with van der Waals surface area (Å²) in [5.74, 6) is 0.693. The minimum atomic E-state index is -0.174. The number of nitrogens with zero attached hydrogens (tertiary/aromatic N) is 1. The average molecular weight is 358 g/mol. The Balaban J connectivity index is 1.64. The minimum absolute atomic E-state index is 0.0405. The monoisotopic (exact) mass is 357 g/mol. The summed E-state index contributed by atoms with van der Waals surface area (Å²) in [5, 5.41) is 0. The SMILES string of the molecule is CN1CCC(COC(C)(C)CC2COC(COC(C)(C)C)CO2)CC1. The second-order valence-corrected chi connectivity index (χ2v) is 9.36. The van der Waals surface area contributed by atoms with E-state index >= 15 is 0 Å². The van der Waals surface area contributed by atoms with Gasteiger partial charge in [0.05, 0.1) is 43.7 Å². The van der Waals surface area contributed by atoms with E-state index in [4.69, 9.17) is 18.9 Å². The molecule has 0 amide bonds. The molecule has 0 spiro atoms. The second kappa shape index (κ2) is 9.14. The zero-order chi connectivity index (χ0) is 18.5. The van der Waals surface area contributed by atoms with Gasteiger partial charge in [0.2, 0.25) is 0 Å². The number of piperidine rings is 1. The Kier molecular flexibility index (Phi) is 7.71. The molecule has 0 aromatic heterocycles. The molecule has 2 atom stereocenters. The topological polar surface area (TPSA) is 40.2 Å². The van der Waals surface area contributed by atoms with Crippen molar-refractivity contribution in [3.05, 3.63) is 0 Å². The Hall–Kier alpha value is -0.200. The van der Waals surface area contributed by atoms with Crippen LogP contribution in [0.25, 0.3) is 0 Å². The Labute approximate surface area is 154 Å². The lowest BCUT2D eigenvalue weighted by atomic mass is 9.96. The maximum atomic E-state index is 6.25. The number of likely N-dealkylation sites (tertiary alicyclic amines) is 1. The van der Waals surface area contributed by atoms with Crippen molar-refractivity contribution in [3.8, 4) is 0 Å². The highest BCUT2D eigenvalue weighted by atomic mass is 16.6. The Morgan fingerprint density at radius 3 is 2.04 bits per heavy atom. The zero-order valence-electron chi connectivity index (χ0n) is 17.2. The van der Waals surface area contributed by atoms with Crippen molar-refractivity contribution in [2.24, 2.45) is 5.92 Å². The lowest BCUT2D eigenvalue weighted by Gasteiger charge is -2.36. The molecule has 2 unspecified atom stereocenters. The van der Waals surface area contributed by atoms with E-state index in [1.165, 1.54) is 25.9 Å². The van der Waals surface area contributed by atoms with Crippen LogP contribution in [-0.4, -0.2) is 74.9 Å². The Morgan fingerprint density at radius 2 is 1.48 bits per heavy atom. The molecule has 0 aromatic rings. The summed E-state index contributed by atoms with van der Waals surface area (Å²) in [6.45, 7) is 15.6. The van der Waals surface area contributed by atoms with Crippen molar-refractivity contribution < 1.29 is 18.9 Å². The van der Waals surface area contributed by atoms with Crippen LogP contribution in [0.3, 0.4) is 0 Å². The molecule has 25 heavy (non-hydrogen) atoms. The van der Waals surface area contributed by atoms with E-state index in [0.717, 1.165) is 13.0 Å². The van der Waals surface area contributed by atoms with Crippen LogP contribution in [0.15, 0.2) is 0 Å². The third-order valence-corrected chi connectivity index (χ3v) is 5.01. The molecule has 0 aliphatic carbocycles. The van der Waals surface area contributed by atoms with Crippen LogP contribution in [0.5, 0.6) is 0 Å². The smallest absolute Gasteiger partial charge is 0.104 e. The van der Waals surface area contributed by atoms with Crippen molar-refractivity contribution in [3.63, 3.8) is 0 Å². The van der Waals surface area contributed by atoms with Gasteiger partial charge in [-0.25, -0.2) is 0 Å². The van der Waals surface area contributed by atoms with Gasteiger partial charge in [-0.15, -0.1) is 0 Å². The third-order valence-electron chi connectivity index (χ3n) is 5.01. The molecule has 2 heterocycles. The van der Waals surface area contributed by atoms with Crippen molar-refractivity contribution in [1.29, 1.82) is 0 Å². The fourth-order valence-electron chi connectivity index (χ4n) is 3.32. The molecule has 2 aliphatic rings. The van der Waals surface area contributed by atoms with Crippen LogP contribution in [0.2, 0.25) is 0 Å². The van der Waals surface area contributed by atoms with Gasteiger partial charge in [0, 0.05) is 6.42 Å². The molecule has 5 nitrogen and oxygen atoms in total. The minimum Gasteiger partial charge on any atom is -0.375 e. The van der Waals surface area contributed by atoms with Gasteiger partial charge in [0.25, 0.3) is 0 Å². The van der Waals surface area contributed by atoms with Crippen LogP contribution in [0, 0.1) is 5.92 Å². The van der Waals surface area contributed by atoms with Crippen LogP contribution in [-0.2, 0) is 18.9 Å². The number of hydrogen-bond donors (Lipinski definition) is 0. The Morgan fingerprint density at radius 1 is 0.880 bits per heavy atom. The van der Waals surface area contributed by atoms with E-state index in [0.29, 0.717) is 25.7 Å². The van der Waals surface area contributed by atoms with E-state index in [9.17, 15) is 0 Å². The summed E-state index contributed by atoms with van der Waals surface area (Å²) in [5.41, 5.74) is -0.309. The summed E-state index contributed by atoms with van der Waals surface area (Å²) in [4.78, 5) is 2.40. The van der Waals surface area contributed by atoms with E-state index in [1.807, 2.05) is 0 Å². The van der Waals surface area contributed by atoms with Gasteiger partial charge >= 0.3 is 0 Å². The third kappa shape index (κ3) is 8.35. The van der Waals surface area contributed by atoms with E-state index in [-0.39, 0.29) is 23.4 Å². The van der Waals surface area contributed by atoms with Crippen LogP contribution < -0.4 is 0 Å². The molecule has 0 aromatic carbocycles. The van der Waals surface area contributed by atoms with Crippen molar-refractivity contribution in [2.45, 2.75) is 77.3 Å². The second-order valence-electron chi connectivity index (χ2n) is 9.36. The number of ether oxygens (including phenoxy) is 4. The van der Waals surface area contributed by atoms with Crippen molar-refractivity contribution >= 4 is 0 Å². The van der Waals surface area contributed by atoms with Gasteiger partial charge in [-0.3, -0.25) is 0 Å². The first kappa shape index (κ1) is 21.1. The maximum Gasteiger partial charge on any atom is 0.104 e. The molecule has 0 radical (unpaired) electrons. The van der Waals surface area contributed by atoms with Crippen molar-refractivity contribution in [2.75, 3.05) is 46.6 Å². The first-order valence-corrected chi connectivity index (χ1v) is 9.83. The largest absolute Gasteiger partial charge is 0.375 e. The molecule has 2 fully saturated rings. The normalized spacial score (nSPS) is 27.6. The maximum absolute atomic E-state index is 6.25. The summed E-state index contributed by atoms with van der Waals surface area (Å²) in [6.07, 6.45) is 3.50. The highest BCUT2D eigenvalue weighted by molar-refractivity contribution is 4.79. The standard InChI is InChI=1S/C20H39NO4/c1-19(2,3)24-15-18-14-22-17(13-23-18)11-20(4,5)25-12-16-7-9-21(6)10-8-16/h16-18H,7-15H2,1-6H3. The molecule has 0 N–H and O–H groups in total. The fourth-order valence-corrected chi connectivity index (χ4v) is 3.32. The van der Waals surface area contributed by atoms with Gasteiger partial charge in [0.1, 0.15) is 6.10 Å².